The third-order valence-corrected chi connectivity index (χ3v) is 3.38. The molecule has 3 nitrogen and oxygen atoms in total. The lowest BCUT2D eigenvalue weighted by Gasteiger charge is -2.26. The van der Waals surface area contributed by atoms with E-state index in [1.54, 1.807) is 12.4 Å². The molecular weight excluding hydrogens is 270 g/mol. The highest BCUT2D eigenvalue weighted by Crippen LogP contribution is 2.21. The van der Waals surface area contributed by atoms with E-state index in [0.717, 1.165) is 29.5 Å². The summed E-state index contributed by atoms with van der Waals surface area (Å²) >= 11 is 3.38. The van der Waals surface area contributed by atoms with E-state index in [1.165, 1.54) is 0 Å². The van der Waals surface area contributed by atoms with Crippen molar-refractivity contribution in [2.24, 2.45) is 5.92 Å². The molecule has 2 rings (SSSR count). The van der Waals surface area contributed by atoms with Crippen LogP contribution in [0.3, 0.4) is 0 Å². The van der Waals surface area contributed by atoms with Gasteiger partial charge in [0.1, 0.15) is 0 Å². The van der Waals surface area contributed by atoms with Crippen LogP contribution in [0.4, 0.5) is 0 Å². The molecule has 0 saturated carbocycles. The van der Waals surface area contributed by atoms with Crippen molar-refractivity contribution in [3.05, 3.63) is 28.5 Å². The molecule has 1 aliphatic rings. The smallest absolute Gasteiger partial charge is 0.0631 e. The minimum Gasteiger partial charge on any atom is -0.392 e. The van der Waals surface area contributed by atoms with E-state index in [2.05, 4.69) is 20.9 Å². The van der Waals surface area contributed by atoms with Gasteiger partial charge in [-0.2, -0.15) is 0 Å². The van der Waals surface area contributed by atoms with Gasteiger partial charge in [-0.05, 0) is 40.4 Å². The third kappa shape index (κ3) is 3.27. The zero-order valence-corrected chi connectivity index (χ0v) is 10.7. The summed E-state index contributed by atoms with van der Waals surface area (Å²) in [4.78, 5) is 4.09. The van der Waals surface area contributed by atoms with Crippen molar-refractivity contribution in [1.82, 2.24) is 4.98 Å². The molecule has 0 radical (unpaired) electrons. The molecule has 1 N–H and O–H groups in total. The molecule has 1 aromatic rings. The molecule has 16 heavy (non-hydrogen) atoms. The second-order valence-electron chi connectivity index (χ2n) is 4.26. The average Bonchev–Trinajstić information content (AvgIpc) is 2.30. The minimum absolute atomic E-state index is 0.271. The molecule has 2 atom stereocenters. The van der Waals surface area contributed by atoms with E-state index in [1.807, 2.05) is 6.07 Å². The molecule has 0 aliphatic carbocycles. The van der Waals surface area contributed by atoms with Gasteiger partial charge in [-0.25, -0.2) is 0 Å². The molecule has 1 aliphatic heterocycles. The van der Waals surface area contributed by atoms with Crippen LogP contribution in [-0.4, -0.2) is 29.4 Å². The molecule has 1 fully saturated rings. The summed E-state index contributed by atoms with van der Waals surface area (Å²) < 4.78 is 6.34. The standard InChI is InChI=1S/C12H16BrNO2/c13-11-4-9(6-14-7-11)5-12(15)10-2-1-3-16-8-10/h4,6-7,10,12,15H,1-3,5,8H2. The fourth-order valence-electron chi connectivity index (χ4n) is 2.04. The zero-order valence-electron chi connectivity index (χ0n) is 9.10. The SMILES string of the molecule is OC(Cc1cncc(Br)c1)C1CCCOC1. The number of pyridine rings is 1. The molecule has 0 spiro atoms. The van der Waals surface area contributed by atoms with Crippen molar-refractivity contribution in [2.45, 2.75) is 25.4 Å². The van der Waals surface area contributed by atoms with Gasteiger partial charge in [-0.1, -0.05) is 0 Å². The van der Waals surface area contributed by atoms with Gasteiger partial charge in [0.05, 0.1) is 12.7 Å². The Morgan fingerprint density at radius 1 is 1.56 bits per heavy atom. The van der Waals surface area contributed by atoms with Crippen LogP contribution in [0, 0.1) is 5.92 Å². The Hall–Kier alpha value is -0.450. The summed E-state index contributed by atoms with van der Waals surface area (Å²) in [6.45, 7) is 1.52. The zero-order chi connectivity index (χ0) is 11.4. The van der Waals surface area contributed by atoms with Gasteiger partial charge >= 0.3 is 0 Å². The monoisotopic (exact) mass is 285 g/mol. The highest BCUT2D eigenvalue weighted by atomic mass is 79.9. The molecule has 88 valence electrons. The van der Waals surface area contributed by atoms with Gasteiger partial charge in [0.2, 0.25) is 0 Å². The number of rotatable bonds is 3. The molecule has 1 aromatic heterocycles. The Kier molecular flexibility index (Phi) is 4.32. The lowest BCUT2D eigenvalue weighted by atomic mass is 9.92. The van der Waals surface area contributed by atoms with Gasteiger partial charge in [0.25, 0.3) is 0 Å². The Balaban J connectivity index is 1.93. The Bertz CT molecular complexity index is 340. The number of hydrogen-bond donors (Lipinski definition) is 1. The van der Waals surface area contributed by atoms with Crippen LogP contribution in [0.5, 0.6) is 0 Å². The lowest BCUT2D eigenvalue weighted by Crippen LogP contribution is -2.30. The predicted molar refractivity (Wildman–Crippen MR) is 65.2 cm³/mol. The van der Waals surface area contributed by atoms with Crippen molar-refractivity contribution in [1.29, 1.82) is 0 Å². The van der Waals surface area contributed by atoms with Crippen molar-refractivity contribution >= 4 is 15.9 Å². The Morgan fingerprint density at radius 3 is 3.12 bits per heavy atom. The van der Waals surface area contributed by atoms with Crippen molar-refractivity contribution in [3.8, 4) is 0 Å². The van der Waals surface area contributed by atoms with Gasteiger partial charge in [0.15, 0.2) is 0 Å². The molecule has 0 amide bonds. The maximum atomic E-state index is 10.1. The van der Waals surface area contributed by atoms with Crippen LogP contribution < -0.4 is 0 Å². The minimum atomic E-state index is -0.323. The molecule has 2 unspecified atom stereocenters. The number of aliphatic hydroxyl groups excluding tert-OH is 1. The maximum absolute atomic E-state index is 10.1. The third-order valence-electron chi connectivity index (χ3n) is 2.95. The van der Waals surface area contributed by atoms with Crippen molar-refractivity contribution in [3.63, 3.8) is 0 Å². The largest absolute Gasteiger partial charge is 0.392 e. The highest BCUT2D eigenvalue weighted by molar-refractivity contribution is 9.10. The van der Waals surface area contributed by atoms with E-state index in [4.69, 9.17) is 4.74 Å². The summed E-state index contributed by atoms with van der Waals surface area (Å²) in [5.74, 6) is 0.271. The van der Waals surface area contributed by atoms with Gasteiger partial charge in [-0.15, -0.1) is 0 Å². The van der Waals surface area contributed by atoms with E-state index in [9.17, 15) is 5.11 Å². The molecule has 4 heteroatoms. The van der Waals surface area contributed by atoms with Gasteiger partial charge in [-0.3, -0.25) is 4.98 Å². The van der Waals surface area contributed by atoms with E-state index in [-0.39, 0.29) is 12.0 Å². The molecule has 0 aromatic carbocycles. The van der Waals surface area contributed by atoms with Gasteiger partial charge in [0, 0.05) is 35.8 Å². The van der Waals surface area contributed by atoms with Crippen molar-refractivity contribution < 1.29 is 9.84 Å². The Morgan fingerprint density at radius 2 is 2.44 bits per heavy atom. The highest BCUT2D eigenvalue weighted by Gasteiger charge is 2.22. The fourth-order valence-corrected chi connectivity index (χ4v) is 2.46. The molecule has 0 bridgehead atoms. The van der Waals surface area contributed by atoms with Crippen LogP contribution in [0.1, 0.15) is 18.4 Å². The molecule has 1 saturated heterocycles. The number of aliphatic hydroxyl groups is 1. The number of halogens is 1. The number of ether oxygens (including phenoxy) is 1. The number of nitrogens with zero attached hydrogens (tertiary/aromatic N) is 1. The first-order valence-electron chi connectivity index (χ1n) is 5.61. The van der Waals surface area contributed by atoms with E-state index >= 15 is 0 Å². The predicted octanol–water partition coefficient (Wildman–Crippen LogP) is 2.17. The van der Waals surface area contributed by atoms with E-state index in [0.29, 0.717) is 13.0 Å². The van der Waals surface area contributed by atoms with Crippen molar-refractivity contribution in [2.75, 3.05) is 13.2 Å². The normalized spacial score (nSPS) is 23.0. The topological polar surface area (TPSA) is 42.4 Å². The van der Waals surface area contributed by atoms with Crippen LogP contribution >= 0.6 is 15.9 Å². The molecular formula is C12H16BrNO2. The first kappa shape index (κ1) is 12.0. The van der Waals surface area contributed by atoms with Crippen LogP contribution in [-0.2, 0) is 11.2 Å². The first-order valence-corrected chi connectivity index (χ1v) is 6.40. The van der Waals surface area contributed by atoms with E-state index < -0.39 is 0 Å². The average molecular weight is 286 g/mol. The summed E-state index contributed by atoms with van der Waals surface area (Å²) in [6.07, 6.45) is 6.00. The number of hydrogen-bond acceptors (Lipinski definition) is 3. The number of aromatic nitrogens is 1. The summed E-state index contributed by atoms with van der Waals surface area (Å²) in [6, 6.07) is 2.00. The first-order chi connectivity index (χ1) is 7.75. The molecule has 2 heterocycles. The van der Waals surface area contributed by atoms with Crippen LogP contribution in [0.2, 0.25) is 0 Å². The second-order valence-corrected chi connectivity index (χ2v) is 5.18. The summed E-state index contributed by atoms with van der Waals surface area (Å²) in [5.41, 5.74) is 1.06. The second kappa shape index (κ2) is 5.75. The summed E-state index contributed by atoms with van der Waals surface area (Å²) in [7, 11) is 0. The van der Waals surface area contributed by atoms with Crippen LogP contribution in [0.15, 0.2) is 22.9 Å². The fraction of sp³-hybridized carbons (Fsp3) is 0.583. The quantitative estimate of drug-likeness (QED) is 0.926. The van der Waals surface area contributed by atoms with Gasteiger partial charge < -0.3 is 9.84 Å². The Labute approximate surface area is 104 Å². The lowest BCUT2D eigenvalue weighted by molar-refractivity contribution is -0.00849. The summed E-state index contributed by atoms with van der Waals surface area (Å²) in [5, 5.41) is 10.1. The maximum Gasteiger partial charge on any atom is 0.0631 e. The van der Waals surface area contributed by atoms with Crippen LogP contribution in [0.25, 0.3) is 0 Å².